The highest BCUT2D eigenvalue weighted by Gasteiger charge is 2.24. The van der Waals surface area contributed by atoms with Crippen molar-refractivity contribution < 1.29 is 0 Å². The fraction of sp³-hybridized carbons (Fsp3) is 0.471. The summed E-state index contributed by atoms with van der Waals surface area (Å²) in [5.41, 5.74) is 3.56. The number of aryl methyl sites for hydroxylation is 2. The molecule has 1 aromatic carbocycles. The van der Waals surface area contributed by atoms with Crippen LogP contribution in [0.2, 0.25) is 5.02 Å². The van der Waals surface area contributed by atoms with Crippen LogP contribution in [-0.4, -0.2) is 22.4 Å². The minimum Gasteiger partial charge on any atom is -0.313 e. The minimum absolute atomic E-state index is 0.383. The Labute approximate surface area is 131 Å². The van der Waals surface area contributed by atoms with Crippen molar-refractivity contribution in [1.82, 2.24) is 15.1 Å². The Balaban J connectivity index is 1.81. The highest BCUT2D eigenvalue weighted by Crippen LogP contribution is 2.28. The molecule has 1 unspecified atom stereocenters. The number of nitrogens with zero attached hydrogens (tertiary/aromatic N) is 2. The van der Waals surface area contributed by atoms with Crippen LogP contribution in [-0.2, 0) is 13.5 Å². The molecule has 0 amide bonds. The maximum absolute atomic E-state index is 6.41. The molecule has 0 spiro atoms. The van der Waals surface area contributed by atoms with Crippen LogP contribution in [0.5, 0.6) is 0 Å². The topological polar surface area (TPSA) is 29.9 Å². The Morgan fingerprint density at radius 2 is 2.14 bits per heavy atom. The Morgan fingerprint density at radius 3 is 2.76 bits per heavy atom. The van der Waals surface area contributed by atoms with Crippen LogP contribution >= 0.6 is 11.6 Å². The molecule has 1 fully saturated rings. The summed E-state index contributed by atoms with van der Waals surface area (Å²) in [5.74, 6) is 0.383. The molecule has 1 heterocycles. The van der Waals surface area contributed by atoms with E-state index in [9.17, 15) is 0 Å². The number of benzene rings is 1. The normalized spacial score (nSPS) is 16.1. The Morgan fingerprint density at radius 1 is 1.38 bits per heavy atom. The molecule has 112 valence electrons. The summed E-state index contributed by atoms with van der Waals surface area (Å²) in [4.78, 5) is 0. The second-order valence-electron chi connectivity index (χ2n) is 6.01. The number of aromatic nitrogens is 2. The van der Waals surface area contributed by atoms with Gasteiger partial charge in [0.15, 0.2) is 0 Å². The van der Waals surface area contributed by atoms with E-state index in [4.69, 9.17) is 11.6 Å². The van der Waals surface area contributed by atoms with Crippen molar-refractivity contribution in [1.29, 1.82) is 0 Å². The Bertz CT molecular complexity index is 616. The first-order valence-electron chi connectivity index (χ1n) is 7.61. The van der Waals surface area contributed by atoms with E-state index in [2.05, 4.69) is 28.6 Å². The number of nitrogens with one attached hydrogen (secondary N) is 1. The van der Waals surface area contributed by atoms with Gasteiger partial charge < -0.3 is 5.32 Å². The first-order valence-corrected chi connectivity index (χ1v) is 7.98. The van der Waals surface area contributed by atoms with Gasteiger partial charge in [-0.25, -0.2) is 0 Å². The second-order valence-corrected chi connectivity index (χ2v) is 6.41. The second kappa shape index (κ2) is 6.20. The molecule has 4 heteroatoms. The van der Waals surface area contributed by atoms with E-state index in [0.29, 0.717) is 12.0 Å². The van der Waals surface area contributed by atoms with Crippen LogP contribution in [0.3, 0.4) is 0 Å². The standard InChI is InChI=1S/C17H22ClN3/c1-12-9-15(21(2)20-12)10-13(11-19-14-7-8-14)16-5-3-4-6-17(16)18/h3-6,9,13-14,19H,7-8,10-11H2,1-2H3. The third kappa shape index (κ3) is 3.66. The molecule has 1 aliphatic rings. The average molecular weight is 304 g/mol. The van der Waals surface area contributed by atoms with E-state index >= 15 is 0 Å². The van der Waals surface area contributed by atoms with Crippen molar-refractivity contribution in [2.45, 2.75) is 38.1 Å². The predicted molar refractivity (Wildman–Crippen MR) is 86.9 cm³/mol. The zero-order chi connectivity index (χ0) is 14.8. The predicted octanol–water partition coefficient (Wildman–Crippen LogP) is 3.46. The summed E-state index contributed by atoms with van der Waals surface area (Å²) < 4.78 is 1.98. The first-order chi connectivity index (χ1) is 10.1. The van der Waals surface area contributed by atoms with Gasteiger partial charge >= 0.3 is 0 Å². The molecule has 3 nitrogen and oxygen atoms in total. The maximum atomic E-state index is 6.41. The fourth-order valence-corrected chi connectivity index (χ4v) is 3.09. The SMILES string of the molecule is Cc1cc(CC(CNC2CC2)c2ccccc2Cl)n(C)n1. The van der Waals surface area contributed by atoms with E-state index in [0.717, 1.165) is 23.7 Å². The lowest BCUT2D eigenvalue weighted by atomic mass is 9.93. The van der Waals surface area contributed by atoms with Gasteiger partial charge in [0.05, 0.1) is 5.69 Å². The average Bonchev–Trinajstić information content (AvgIpc) is 3.21. The fourth-order valence-electron chi connectivity index (χ4n) is 2.80. The van der Waals surface area contributed by atoms with Gasteiger partial charge in [-0.1, -0.05) is 29.8 Å². The zero-order valence-electron chi connectivity index (χ0n) is 12.6. The molecule has 0 radical (unpaired) electrons. The third-order valence-electron chi connectivity index (χ3n) is 4.13. The lowest BCUT2D eigenvalue weighted by Gasteiger charge is -2.19. The molecule has 1 aliphatic carbocycles. The zero-order valence-corrected chi connectivity index (χ0v) is 13.4. The molecule has 0 bridgehead atoms. The summed E-state index contributed by atoms with van der Waals surface area (Å²) in [6, 6.07) is 11.1. The Hall–Kier alpha value is -1.32. The number of hydrogen-bond acceptors (Lipinski definition) is 2. The van der Waals surface area contributed by atoms with Crippen LogP contribution < -0.4 is 5.32 Å². The Kier molecular flexibility index (Phi) is 4.32. The molecular weight excluding hydrogens is 282 g/mol. The highest BCUT2D eigenvalue weighted by molar-refractivity contribution is 6.31. The van der Waals surface area contributed by atoms with Gasteiger partial charge in [0.25, 0.3) is 0 Å². The molecule has 21 heavy (non-hydrogen) atoms. The highest BCUT2D eigenvalue weighted by atomic mass is 35.5. The number of halogens is 1. The molecule has 0 saturated heterocycles. The summed E-state index contributed by atoms with van der Waals surface area (Å²) >= 11 is 6.41. The molecule has 3 rings (SSSR count). The van der Waals surface area contributed by atoms with Crippen molar-refractivity contribution in [3.63, 3.8) is 0 Å². The summed E-state index contributed by atoms with van der Waals surface area (Å²) in [6.45, 7) is 3.01. The van der Waals surface area contributed by atoms with Crippen molar-refractivity contribution in [2.24, 2.45) is 7.05 Å². The number of rotatable bonds is 6. The molecule has 1 saturated carbocycles. The molecular formula is C17H22ClN3. The molecule has 1 atom stereocenters. The van der Waals surface area contributed by atoms with Crippen LogP contribution in [0, 0.1) is 6.92 Å². The van der Waals surface area contributed by atoms with Gasteiger partial charge in [-0.15, -0.1) is 0 Å². The van der Waals surface area contributed by atoms with Gasteiger partial charge in [-0.3, -0.25) is 4.68 Å². The molecule has 2 aromatic rings. The third-order valence-corrected chi connectivity index (χ3v) is 4.47. The van der Waals surface area contributed by atoms with Gasteiger partial charge in [0, 0.05) is 36.3 Å². The van der Waals surface area contributed by atoms with Crippen LogP contribution in [0.25, 0.3) is 0 Å². The van der Waals surface area contributed by atoms with Gasteiger partial charge in [-0.05, 0) is 43.9 Å². The van der Waals surface area contributed by atoms with Crippen LogP contribution in [0.15, 0.2) is 30.3 Å². The van der Waals surface area contributed by atoms with Gasteiger partial charge in [0.2, 0.25) is 0 Å². The van der Waals surface area contributed by atoms with E-state index in [1.54, 1.807) is 0 Å². The van der Waals surface area contributed by atoms with E-state index < -0.39 is 0 Å². The number of hydrogen-bond donors (Lipinski definition) is 1. The van der Waals surface area contributed by atoms with Crippen LogP contribution in [0.1, 0.15) is 35.7 Å². The lowest BCUT2D eigenvalue weighted by molar-refractivity contribution is 0.557. The largest absolute Gasteiger partial charge is 0.313 e. The van der Waals surface area contributed by atoms with Crippen molar-refractivity contribution in [3.8, 4) is 0 Å². The van der Waals surface area contributed by atoms with Gasteiger partial charge in [-0.2, -0.15) is 5.10 Å². The molecule has 1 aromatic heterocycles. The van der Waals surface area contributed by atoms with Crippen LogP contribution in [0.4, 0.5) is 0 Å². The summed E-state index contributed by atoms with van der Waals surface area (Å²) in [7, 11) is 2.01. The summed E-state index contributed by atoms with van der Waals surface area (Å²) in [6.07, 6.45) is 3.57. The maximum Gasteiger partial charge on any atom is 0.0596 e. The summed E-state index contributed by atoms with van der Waals surface area (Å²) in [5, 5.41) is 8.95. The molecule has 0 aliphatic heterocycles. The van der Waals surface area contributed by atoms with E-state index in [1.165, 1.54) is 24.1 Å². The van der Waals surface area contributed by atoms with Crippen molar-refractivity contribution >= 4 is 11.6 Å². The van der Waals surface area contributed by atoms with E-state index in [-0.39, 0.29) is 0 Å². The van der Waals surface area contributed by atoms with Crippen molar-refractivity contribution in [2.75, 3.05) is 6.54 Å². The first kappa shape index (κ1) is 14.6. The molecule has 1 N–H and O–H groups in total. The van der Waals surface area contributed by atoms with Gasteiger partial charge in [0.1, 0.15) is 0 Å². The van der Waals surface area contributed by atoms with E-state index in [1.807, 2.05) is 30.8 Å². The smallest absolute Gasteiger partial charge is 0.0596 e. The van der Waals surface area contributed by atoms with Crippen molar-refractivity contribution in [3.05, 3.63) is 52.3 Å². The monoisotopic (exact) mass is 303 g/mol. The minimum atomic E-state index is 0.383. The quantitative estimate of drug-likeness (QED) is 0.885. The lowest BCUT2D eigenvalue weighted by Crippen LogP contribution is -2.25.